The number of carbonyl (C=O) groups excluding carboxylic acids is 2. The van der Waals surface area contributed by atoms with Gasteiger partial charge in [-0.25, -0.2) is 0 Å². The van der Waals surface area contributed by atoms with E-state index in [9.17, 15) is 9.59 Å². The quantitative estimate of drug-likeness (QED) is 0.361. The molecule has 0 bridgehead atoms. The van der Waals surface area contributed by atoms with Gasteiger partial charge in [-0.2, -0.15) is 0 Å². The molecule has 0 amide bonds. The molecule has 0 spiro atoms. The third-order valence-corrected chi connectivity index (χ3v) is 4.41. The maximum atomic E-state index is 12.4. The van der Waals surface area contributed by atoms with Crippen LogP contribution in [0.1, 0.15) is 79.6 Å². The summed E-state index contributed by atoms with van der Waals surface area (Å²) < 4.78 is 10.3. The Morgan fingerprint density at radius 3 is 2.04 bits per heavy atom. The van der Waals surface area contributed by atoms with Gasteiger partial charge in [0, 0.05) is 0 Å². The van der Waals surface area contributed by atoms with Crippen LogP contribution in [0, 0.1) is 17.8 Å². The summed E-state index contributed by atoms with van der Waals surface area (Å²) >= 11 is 0. The molecule has 0 saturated carbocycles. The van der Waals surface area contributed by atoms with Crippen molar-refractivity contribution in [3.8, 4) is 0 Å². The summed E-state index contributed by atoms with van der Waals surface area (Å²) in [6, 6.07) is 0. The fraction of sp³-hybridized carbons (Fsp3) is 0.895. The van der Waals surface area contributed by atoms with Crippen molar-refractivity contribution in [1.82, 2.24) is 0 Å². The second kappa shape index (κ2) is 13.4. The molecule has 3 atom stereocenters. The van der Waals surface area contributed by atoms with Gasteiger partial charge in [-0.15, -0.1) is 0 Å². The molecule has 23 heavy (non-hydrogen) atoms. The fourth-order valence-electron chi connectivity index (χ4n) is 3.20. The average Bonchev–Trinajstić information content (AvgIpc) is 2.51. The van der Waals surface area contributed by atoms with E-state index in [2.05, 4.69) is 20.8 Å². The predicted octanol–water partition coefficient (Wildman–Crippen LogP) is 4.75. The van der Waals surface area contributed by atoms with Gasteiger partial charge < -0.3 is 9.47 Å². The zero-order valence-corrected chi connectivity index (χ0v) is 15.7. The van der Waals surface area contributed by atoms with Gasteiger partial charge in [-0.3, -0.25) is 9.59 Å². The molecule has 4 nitrogen and oxygen atoms in total. The highest BCUT2D eigenvalue weighted by Crippen LogP contribution is 2.33. The van der Waals surface area contributed by atoms with Crippen LogP contribution in [0.4, 0.5) is 0 Å². The Hall–Kier alpha value is -1.06. The number of hydrogen-bond acceptors (Lipinski definition) is 4. The first kappa shape index (κ1) is 21.9. The Labute approximate surface area is 142 Å². The van der Waals surface area contributed by atoms with Crippen molar-refractivity contribution in [2.24, 2.45) is 17.8 Å². The van der Waals surface area contributed by atoms with Crippen LogP contribution in [-0.2, 0) is 19.1 Å². The standard InChI is InChI=1S/C19H36O4/c1-6-10-11-13-15(5)16(12-7-2)17(19(21)23-9-4)14-18(20)22-8-3/h15-17H,6-14H2,1-5H3. The van der Waals surface area contributed by atoms with Gasteiger partial charge in [0.05, 0.1) is 25.6 Å². The van der Waals surface area contributed by atoms with Crippen molar-refractivity contribution in [2.45, 2.75) is 79.6 Å². The highest BCUT2D eigenvalue weighted by molar-refractivity contribution is 5.80. The molecule has 0 aliphatic rings. The molecule has 0 fully saturated rings. The number of carbonyl (C=O) groups is 2. The molecule has 0 N–H and O–H groups in total. The van der Waals surface area contributed by atoms with Gasteiger partial charge in [0.2, 0.25) is 0 Å². The summed E-state index contributed by atoms with van der Waals surface area (Å²) in [6.07, 6.45) is 6.75. The van der Waals surface area contributed by atoms with E-state index in [-0.39, 0.29) is 30.2 Å². The summed E-state index contributed by atoms with van der Waals surface area (Å²) in [5, 5.41) is 0. The lowest BCUT2D eigenvalue weighted by atomic mass is 9.76. The largest absolute Gasteiger partial charge is 0.466 e. The predicted molar refractivity (Wildman–Crippen MR) is 93.1 cm³/mol. The second-order valence-electron chi connectivity index (χ2n) is 6.29. The van der Waals surface area contributed by atoms with Gasteiger partial charge in [-0.1, -0.05) is 52.9 Å². The summed E-state index contributed by atoms with van der Waals surface area (Å²) in [4.78, 5) is 24.3. The fourth-order valence-corrected chi connectivity index (χ4v) is 3.20. The van der Waals surface area contributed by atoms with Crippen LogP contribution in [0.25, 0.3) is 0 Å². The number of ether oxygens (including phenoxy) is 2. The molecule has 0 aliphatic heterocycles. The van der Waals surface area contributed by atoms with Crippen LogP contribution in [0.2, 0.25) is 0 Å². The number of esters is 2. The Morgan fingerprint density at radius 2 is 1.52 bits per heavy atom. The molecule has 0 rings (SSSR count). The molecule has 0 aromatic carbocycles. The van der Waals surface area contributed by atoms with Gasteiger partial charge in [0.25, 0.3) is 0 Å². The molecule has 4 heteroatoms. The molecule has 0 heterocycles. The minimum Gasteiger partial charge on any atom is -0.466 e. The van der Waals surface area contributed by atoms with E-state index in [1.54, 1.807) is 13.8 Å². The van der Waals surface area contributed by atoms with Crippen molar-refractivity contribution in [1.29, 1.82) is 0 Å². The Bertz CT molecular complexity index is 327. The monoisotopic (exact) mass is 328 g/mol. The van der Waals surface area contributed by atoms with Crippen LogP contribution in [0.15, 0.2) is 0 Å². The maximum Gasteiger partial charge on any atom is 0.309 e. The smallest absolute Gasteiger partial charge is 0.309 e. The van der Waals surface area contributed by atoms with Gasteiger partial charge in [-0.05, 0) is 32.1 Å². The zero-order chi connectivity index (χ0) is 17.7. The summed E-state index contributed by atoms with van der Waals surface area (Å²) in [7, 11) is 0. The second-order valence-corrected chi connectivity index (χ2v) is 6.29. The summed E-state index contributed by atoms with van der Waals surface area (Å²) in [5.41, 5.74) is 0. The summed E-state index contributed by atoms with van der Waals surface area (Å²) in [6.45, 7) is 10.8. The van der Waals surface area contributed by atoms with E-state index in [0.29, 0.717) is 19.1 Å². The maximum absolute atomic E-state index is 12.4. The first-order valence-electron chi connectivity index (χ1n) is 9.33. The number of hydrogen-bond donors (Lipinski definition) is 0. The molecule has 3 unspecified atom stereocenters. The Balaban J connectivity index is 5.04. The van der Waals surface area contributed by atoms with Crippen LogP contribution in [0.3, 0.4) is 0 Å². The Kier molecular flexibility index (Phi) is 12.8. The van der Waals surface area contributed by atoms with Gasteiger partial charge in [0.1, 0.15) is 0 Å². The Morgan fingerprint density at radius 1 is 0.870 bits per heavy atom. The molecule has 0 saturated heterocycles. The third-order valence-electron chi connectivity index (χ3n) is 4.41. The summed E-state index contributed by atoms with van der Waals surface area (Å²) in [5.74, 6) is -0.343. The molecular formula is C19H36O4. The molecule has 0 aromatic rings. The van der Waals surface area contributed by atoms with Crippen LogP contribution in [0.5, 0.6) is 0 Å². The van der Waals surface area contributed by atoms with Crippen molar-refractivity contribution in [2.75, 3.05) is 13.2 Å². The molecule has 0 radical (unpaired) electrons. The van der Waals surface area contributed by atoms with Crippen molar-refractivity contribution >= 4 is 11.9 Å². The first-order valence-corrected chi connectivity index (χ1v) is 9.33. The topological polar surface area (TPSA) is 52.6 Å². The molecule has 0 aromatic heterocycles. The molecule has 136 valence electrons. The highest BCUT2D eigenvalue weighted by Gasteiger charge is 2.34. The highest BCUT2D eigenvalue weighted by atomic mass is 16.5. The van der Waals surface area contributed by atoms with Gasteiger partial charge in [0.15, 0.2) is 0 Å². The van der Waals surface area contributed by atoms with Crippen molar-refractivity contribution < 1.29 is 19.1 Å². The van der Waals surface area contributed by atoms with E-state index < -0.39 is 0 Å². The molecular weight excluding hydrogens is 292 g/mol. The van der Waals surface area contributed by atoms with E-state index >= 15 is 0 Å². The lowest BCUT2D eigenvalue weighted by Crippen LogP contribution is -2.32. The van der Waals surface area contributed by atoms with Crippen LogP contribution in [-0.4, -0.2) is 25.2 Å². The number of unbranched alkanes of at least 4 members (excludes halogenated alkanes) is 2. The van der Waals surface area contributed by atoms with E-state index in [0.717, 1.165) is 19.3 Å². The average molecular weight is 328 g/mol. The lowest BCUT2D eigenvalue weighted by Gasteiger charge is -2.30. The third kappa shape index (κ3) is 8.97. The van der Waals surface area contributed by atoms with E-state index in [1.165, 1.54) is 19.3 Å². The van der Waals surface area contributed by atoms with Crippen LogP contribution < -0.4 is 0 Å². The van der Waals surface area contributed by atoms with E-state index in [4.69, 9.17) is 9.47 Å². The van der Waals surface area contributed by atoms with Gasteiger partial charge >= 0.3 is 11.9 Å². The van der Waals surface area contributed by atoms with Crippen molar-refractivity contribution in [3.63, 3.8) is 0 Å². The van der Waals surface area contributed by atoms with E-state index in [1.807, 2.05) is 0 Å². The minimum atomic E-state index is -0.384. The number of rotatable bonds is 13. The lowest BCUT2D eigenvalue weighted by molar-refractivity contribution is -0.157. The first-order chi connectivity index (χ1) is 11.0. The van der Waals surface area contributed by atoms with Crippen LogP contribution >= 0.6 is 0 Å². The zero-order valence-electron chi connectivity index (χ0n) is 15.7. The van der Waals surface area contributed by atoms with Crippen molar-refractivity contribution in [3.05, 3.63) is 0 Å². The minimum absolute atomic E-state index is 0.134. The molecule has 0 aliphatic carbocycles. The normalized spacial score (nSPS) is 14.8. The SMILES string of the molecule is CCCCCC(C)C(CCC)C(CC(=O)OCC)C(=O)OCC.